The van der Waals surface area contributed by atoms with Crippen LogP contribution in [0.4, 0.5) is 0 Å². The molecule has 1 aliphatic heterocycles. The molecule has 0 unspecified atom stereocenters. The van der Waals surface area contributed by atoms with Crippen molar-refractivity contribution in [3.8, 4) is 0 Å². The van der Waals surface area contributed by atoms with Crippen LogP contribution in [0, 0.1) is 0 Å². The number of hydrogen-bond donors (Lipinski definition) is 1. The van der Waals surface area contributed by atoms with E-state index in [2.05, 4.69) is 28.9 Å². The van der Waals surface area contributed by atoms with E-state index in [1.54, 1.807) is 0 Å². The highest BCUT2D eigenvalue weighted by atomic mass is 15.2. The van der Waals surface area contributed by atoms with Gasteiger partial charge in [0, 0.05) is 37.6 Å². The third kappa shape index (κ3) is 1.94. The van der Waals surface area contributed by atoms with Crippen molar-refractivity contribution in [2.45, 2.75) is 25.4 Å². The predicted octanol–water partition coefficient (Wildman–Crippen LogP) is 1.00. The minimum Gasteiger partial charge on any atom is -0.323 e. The van der Waals surface area contributed by atoms with Gasteiger partial charge in [-0.1, -0.05) is 6.92 Å². The van der Waals surface area contributed by atoms with Gasteiger partial charge in [-0.3, -0.25) is 9.88 Å². The van der Waals surface area contributed by atoms with Crippen molar-refractivity contribution >= 4 is 0 Å². The van der Waals surface area contributed by atoms with Crippen molar-refractivity contribution in [3.63, 3.8) is 0 Å². The number of nitrogens with two attached hydrogens (primary N) is 1. The van der Waals surface area contributed by atoms with Crippen LogP contribution < -0.4 is 5.73 Å². The number of likely N-dealkylation sites (tertiary alicyclic amines) is 1. The molecule has 0 aliphatic carbocycles. The summed E-state index contributed by atoms with van der Waals surface area (Å²) in [6.07, 6.45) is 4.75. The summed E-state index contributed by atoms with van der Waals surface area (Å²) in [7, 11) is 0. The maximum atomic E-state index is 6.09. The first kappa shape index (κ1) is 9.62. The molecule has 0 saturated carbocycles. The van der Waals surface area contributed by atoms with E-state index < -0.39 is 0 Å². The molecular weight excluding hydrogens is 174 g/mol. The van der Waals surface area contributed by atoms with Crippen LogP contribution in [0.5, 0.6) is 0 Å². The molecule has 2 heterocycles. The van der Waals surface area contributed by atoms with Gasteiger partial charge in [-0.25, -0.2) is 0 Å². The molecule has 1 aromatic heterocycles. The normalized spacial score (nSPS) is 20.4. The lowest BCUT2D eigenvalue weighted by molar-refractivity contribution is 0.0607. The van der Waals surface area contributed by atoms with E-state index in [0.29, 0.717) is 0 Å². The van der Waals surface area contributed by atoms with Crippen molar-refractivity contribution in [2.24, 2.45) is 5.73 Å². The van der Waals surface area contributed by atoms with Crippen LogP contribution in [-0.4, -0.2) is 28.5 Å². The lowest BCUT2D eigenvalue weighted by Gasteiger charge is -2.47. The topological polar surface area (TPSA) is 42.1 Å². The van der Waals surface area contributed by atoms with Crippen LogP contribution in [0.15, 0.2) is 24.5 Å². The highest BCUT2D eigenvalue weighted by Crippen LogP contribution is 2.22. The van der Waals surface area contributed by atoms with E-state index in [1.807, 2.05) is 12.4 Å². The van der Waals surface area contributed by atoms with Gasteiger partial charge in [-0.2, -0.15) is 0 Å². The Morgan fingerprint density at radius 3 is 2.64 bits per heavy atom. The fourth-order valence-electron chi connectivity index (χ4n) is 1.93. The molecule has 0 atom stereocenters. The second-order valence-corrected chi connectivity index (χ2v) is 4.22. The van der Waals surface area contributed by atoms with E-state index in [4.69, 9.17) is 5.73 Å². The Kier molecular flexibility index (Phi) is 2.52. The molecule has 76 valence electrons. The van der Waals surface area contributed by atoms with Crippen LogP contribution in [0.2, 0.25) is 0 Å². The van der Waals surface area contributed by atoms with Crippen LogP contribution >= 0.6 is 0 Å². The molecule has 1 fully saturated rings. The molecule has 0 bridgehead atoms. The molecule has 2 rings (SSSR count). The summed E-state index contributed by atoms with van der Waals surface area (Å²) in [5, 5.41) is 0. The lowest BCUT2D eigenvalue weighted by atomic mass is 9.88. The standard InChI is InChI=1S/C11H17N3/c1-2-11(12)8-14(9-11)7-10-3-5-13-6-4-10/h3-6H,2,7-9,12H2,1H3. The fourth-order valence-corrected chi connectivity index (χ4v) is 1.93. The highest BCUT2D eigenvalue weighted by molar-refractivity contribution is 5.11. The summed E-state index contributed by atoms with van der Waals surface area (Å²) in [5.74, 6) is 0. The summed E-state index contributed by atoms with van der Waals surface area (Å²) in [4.78, 5) is 6.37. The molecule has 1 aliphatic rings. The van der Waals surface area contributed by atoms with Crippen molar-refractivity contribution in [1.29, 1.82) is 0 Å². The van der Waals surface area contributed by atoms with Crippen LogP contribution in [0.3, 0.4) is 0 Å². The summed E-state index contributed by atoms with van der Waals surface area (Å²) >= 11 is 0. The van der Waals surface area contributed by atoms with Gasteiger partial charge in [0.1, 0.15) is 0 Å². The molecule has 0 amide bonds. The van der Waals surface area contributed by atoms with Gasteiger partial charge < -0.3 is 5.73 Å². The zero-order valence-electron chi connectivity index (χ0n) is 8.61. The summed E-state index contributed by atoms with van der Waals surface area (Å²) < 4.78 is 0. The van der Waals surface area contributed by atoms with Gasteiger partial charge in [-0.15, -0.1) is 0 Å². The van der Waals surface area contributed by atoms with Gasteiger partial charge in [0.05, 0.1) is 0 Å². The number of rotatable bonds is 3. The van der Waals surface area contributed by atoms with E-state index in [-0.39, 0.29) is 5.54 Å². The molecule has 1 saturated heterocycles. The Hall–Kier alpha value is -0.930. The van der Waals surface area contributed by atoms with E-state index >= 15 is 0 Å². The minimum atomic E-state index is 0.0764. The van der Waals surface area contributed by atoms with Crippen LogP contribution in [-0.2, 0) is 6.54 Å². The van der Waals surface area contributed by atoms with Crippen LogP contribution in [0.1, 0.15) is 18.9 Å². The van der Waals surface area contributed by atoms with E-state index in [0.717, 1.165) is 26.1 Å². The Morgan fingerprint density at radius 2 is 2.07 bits per heavy atom. The number of aromatic nitrogens is 1. The molecule has 0 aromatic carbocycles. The first-order chi connectivity index (χ1) is 6.72. The molecule has 3 nitrogen and oxygen atoms in total. The Morgan fingerprint density at radius 1 is 1.43 bits per heavy atom. The average Bonchev–Trinajstić information content (AvgIpc) is 2.17. The van der Waals surface area contributed by atoms with Crippen molar-refractivity contribution in [3.05, 3.63) is 30.1 Å². The first-order valence-electron chi connectivity index (χ1n) is 5.12. The fraction of sp³-hybridized carbons (Fsp3) is 0.545. The van der Waals surface area contributed by atoms with Gasteiger partial charge in [-0.05, 0) is 24.1 Å². The first-order valence-corrected chi connectivity index (χ1v) is 5.12. The largest absolute Gasteiger partial charge is 0.323 e. The Bertz CT molecular complexity index is 291. The maximum Gasteiger partial charge on any atom is 0.0410 e. The monoisotopic (exact) mass is 191 g/mol. The van der Waals surface area contributed by atoms with Crippen molar-refractivity contribution in [2.75, 3.05) is 13.1 Å². The number of nitrogens with zero attached hydrogens (tertiary/aromatic N) is 2. The number of hydrogen-bond acceptors (Lipinski definition) is 3. The predicted molar refractivity (Wildman–Crippen MR) is 56.7 cm³/mol. The van der Waals surface area contributed by atoms with Gasteiger partial charge >= 0.3 is 0 Å². The number of pyridine rings is 1. The summed E-state index contributed by atoms with van der Waals surface area (Å²) in [5.41, 5.74) is 7.49. The summed E-state index contributed by atoms with van der Waals surface area (Å²) in [6.45, 7) is 5.20. The van der Waals surface area contributed by atoms with Crippen LogP contribution in [0.25, 0.3) is 0 Å². The van der Waals surface area contributed by atoms with Gasteiger partial charge in [0.2, 0.25) is 0 Å². The molecule has 14 heavy (non-hydrogen) atoms. The lowest BCUT2D eigenvalue weighted by Crippen LogP contribution is -2.66. The molecule has 3 heteroatoms. The molecule has 2 N–H and O–H groups in total. The third-order valence-corrected chi connectivity index (χ3v) is 2.94. The quantitative estimate of drug-likeness (QED) is 0.775. The molecule has 0 spiro atoms. The van der Waals surface area contributed by atoms with Gasteiger partial charge in [0.25, 0.3) is 0 Å². The van der Waals surface area contributed by atoms with Crippen molar-refractivity contribution < 1.29 is 0 Å². The maximum absolute atomic E-state index is 6.09. The highest BCUT2D eigenvalue weighted by Gasteiger charge is 2.37. The minimum absolute atomic E-state index is 0.0764. The average molecular weight is 191 g/mol. The zero-order valence-corrected chi connectivity index (χ0v) is 8.61. The molecule has 1 aromatic rings. The third-order valence-electron chi connectivity index (χ3n) is 2.94. The Labute approximate surface area is 84.9 Å². The second kappa shape index (κ2) is 3.67. The van der Waals surface area contributed by atoms with Crippen molar-refractivity contribution in [1.82, 2.24) is 9.88 Å². The smallest absolute Gasteiger partial charge is 0.0410 e. The van der Waals surface area contributed by atoms with E-state index in [9.17, 15) is 0 Å². The zero-order chi connectivity index (χ0) is 10.0. The van der Waals surface area contributed by atoms with Gasteiger partial charge in [0.15, 0.2) is 0 Å². The summed E-state index contributed by atoms with van der Waals surface area (Å²) in [6, 6.07) is 4.12. The molecule has 0 radical (unpaired) electrons. The Balaban J connectivity index is 1.85. The molecular formula is C11H17N3. The second-order valence-electron chi connectivity index (χ2n) is 4.22. The van der Waals surface area contributed by atoms with E-state index in [1.165, 1.54) is 5.56 Å². The SMILES string of the molecule is CCC1(N)CN(Cc2ccncc2)C1.